The summed E-state index contributed by atoms with van der Waals surface area (Å²) in [5.74, 6) is 0.243. The molecule has 4 rings (SSSR count). The lowest BCUT2D eigenvalue weighted by Crippen LogP contribution is -2.17. The Morgan fingerprint density at radius 1 is 1.00 bits per heavy atom. The van der Waals surface area contributed by atoms with Crippen molar-refractivity contribution in [1.29, 1.82) is 0 Å². The molecule has 4 aromatic rings. The van der Waals surface area contributed by atoms with E-state index in [0.29, 0.717) is 0 Å². The van der Waals surface area contributed by atoms with Crippen molar-refractivity contribution < 1.29 is 4.79 Å². The fourth-order valence-corrected chi connectivity index (χ4v) is 4.48. The van der Waals surface area contributed by atoms with E-state index >= 15 is 0 Å². The number of benzene rings is 2. The van der Waals surface area contributed by atoms with Gasteiger partial charge >= 0.3 is 0 Å². The SMILES string of the molecule is Cc1ccc(NC(=O)CSc2cc(C(C)(C)C)nc3c(-c4ccccc4)c(C)nn23)cc1C. The molecule has 0 fully saturated rings. The third-order valence-corrected chi connectivity index (χ3v) is 6.70. The van der Waals surface area contributed by atoms with Crippen molar-refractivity contribution in [3.63, 3.8) is 0 Å². The molecule has 0 saturated carbocycles. The van der Waals surface area contributed by atoms with Crippen LogP contribution in [0.15, 0.2) is 59.6 Å². The van der Waals surface area contributed by atoms with Crippen LogP contribution >= 0.6 is 11.8 Å². The van der Waals surface area contributed by atoms with E-state index in [0.717, 1.165) is 44.4 Å². The quantitative estimate of drug-likeness (QED) is 0.280. The molecule has 1 N–H and O–H groups in total. The molecule has 0 aliphatic rings. The average molecular weight is 459 g/mol. The number of hydrogen-bond donors (Lipinski definition) is 1. The molecule has 170 valence electrons. The highest BCUT2D eigenvalue weighted by Gasteiger charge is 2.22. The minimum atomic E-state index is -0.134. The zero-order chi connectivity index (χ0) is 23.8. The maximum absolute atomic E-state index is 12.7. The minimum absolute atomic E-state index is 0.0438. The molecule has 1 amide bonds. The number of aryl methyl sites for hydroxylation is 3. The van der Waals surface area contributed by atoms with Crippen molar-refractivity contribution in [2.45, 2.75) is 52.0 Å². The molecule has 0 aliphatic heterocycles. The molecule has 2 aromatic heterocycles. The van der Waals surface area contributed by atoms with Crippen LogP contribution in [0.25, 0.3) is 16.8 Å². The van der Waals surface area contributed by atoms with Gasteiger partial charge in [-0.1, -0.05) is 68.9 Å². The van der Waals surface area contributed by atoms with Gasteiger partial charge in [-0.25, -0.2) is 9.50 Å². The number of aromatic nitrogens is 3. The number of thioether (sulfide) groups is 1. The highest BCUT2D eigenvalue weighted by Crippen LogP contribution is 2.33. The summed E-state index contributed by atoms with van der Waals surface area (Å²) < 4.78 is 1.88. The van der Waals surface area contributed by atoms with E-state index in [1.165, 1.54) is 17.3 Å². The molecule has 0 spiro atoms. The average Bonchev–Trinajstić information content (AvgIpc) is 3.10. The van der Waals surface area contributed by atoms with Crippen molar-refractivity contribution in [3.8, 4) is 11.1 Å². The van der Waals surface area contributed by atoms with E-state index in [2.05, 4.69) is 51.2 Å². The Labute approximate surface area is 199 Å². The number of nitrogens with one attached hydrogen (secondary N) is 1. The second-order valence-electron chi connectivity index (χ2n) is 9.43. The number of nitrogens with zero attached hydrogens (tertiary/aromatic N) is 3. The van der Waals surface area contributed by atoms with E-state index in [1.54, 1.807) is 0 Å². The third-order valence-electron chi connectivity index (χ3n) is 5.70. The van der Waals surface area contributed by atoms with Gasteiger partial charge in [-0.05, 0) is 55.7 Å². The molecule has 6 heteroatoms. The van der Waals surface area contributed by atoms with Crippen LogP contribution in [0.2, 0.25) is 0 Å². The van der Waals surface area contributed by atoms with Gasteiger partial charge in [-0.3, -0.25) is 4.79 Å². The molecule has 0 atom stereocenters. The summed E-state index contributed by atoms with van der Waals surface area (Å²) >= 11 is 1.48. The van der Waals surface area contributed by atoms with Gasteiger partial charge in [-0.15, -0.1) is 0 Å². The van der Waals surface area contributed by atoms with Gasteiger partial charge in [0.2, 0.25) is 5.91 Å². The Morgan fingerprint density at radius 2 is 1.73 bits per heavy atom. The highest BCUT2D eigenvalue weighted by atomic mass is 32.2. The van der Waals surface area contributed by atoms with Gasteiger partial charge in [0.25, 0.3) is 0 Å². The van der Waals surface area contributed by atoms with Crippen molar-refractivity contribution >= 4 is 29.0 Å². The fraction of sp³-hybridized carbons (Fsp3) is 0.296. The Kier molecular flexibility index (Phi) is 6.30. The summed E-state index contributed by atoms with van der Waals surface area (Å²) in [5, 5.41) is 8.72. The molecule has 0 radical (unpaired) electrons. The van der Waals surface area contributed by atoms with Crippen molar-refractivity contribution in [2.24, 2.45) is 0 Å². The van der Waals surface area contributed by atoms with Gasteiger partial charge in [0.15, 0.2) is 5.65 Å². The number of carbonyl (C=O) groups excluding carboxylic acids is 1. The molecular weight excluding hydrogens is 428 g/mol. The summed E-state index contributed by atoms with van der Waals surface area (Å²) in [6.45, 7) is 12.6. The Balaban J connectivity index is 1.68. The van der Waals surface area contributed by atoms with Crippen LogP contribution in [-0.4, -0.2) is 26.3 Å². The van der Waals surface area contributed by atoms with Crippen molar-refractivity contribution in [1.82, 2.24) is 14.6 Å². The van der Waals surface area contributed by atoms with Crippen LogP contribution in [0.5, 0.6) is 0 Å². The molecule has 2 aromatic carbocycles. The van der Waals surface area contributed by atoms with Crippen LogP contribution in [0.4, 0.5) is 5.69 Å². The maximum atomic E-state index is 12.7. The van der Waals surface area contributed by atoms with Crippen LogP contribution < -0.4 is 5.32 Å². The smallest absolute Gasteiger partial charge is 0.234 e. The number of carbonyl (C=O) groups is 1. The Bertz CT molecular complexity index is 1320. The van der Waals surface area contributed by atoms with Crippen LogP contribution in [0.3, 0.4) is 0 Å². The maximum Gasteiger partial charge on any atom is 0.234 e. The van der Waals surface area contributed by atoms with Gasteiger partial charge in [0.1, 0.15) is 5.03 Å². The topological polar surface area (TPSA) is 59.3 Å². The second-order valence-corrected chi connectivity index (χ2v) is 10.4. The lowest BCUT2D eigenvalue weighted by Gasteiger charge is -2.19. The first-order chi connectivity index (χ1) is 15.6. The Morgan fingerprint density at radius 3 is 2.39 bits per heavy atom. The predicted molar refractivity (Wildman–Crippen MR) is 137 cm³/mol. The molecule has 5 nitrogen and oxygen atoms in total. The van der Waals surface area contributed by atoms with Crippen molar-refractivity contribution in [2.75, 3.05) is 11.1 Å². The van der Waals surface area contributed by atoms with Crippen molar-refractivity contribution in [3.05, 3.63) is 77.1 Å². The molecule has 0 unspecified atom stereocenters. The molecular formula is C27H30N4OS. The summed E-state index contributed by atoms with van der Waals surface area (Å²) in [6.07, 6.45) is 0. The monoisotopic (exact) mass is 458 g/mol. The standard InChI is InChI=1S/C27H30N4OS/c1-17-12-13-21(14-18(17)2)28-23(32)16-33-24-15-22(27(4,5)6)29-26-25(19(3)30-31(24)26)20-10-8-7-9-11-20/h7-15H,16H2,1-6H3,(H,28,32). The van der Waals surface area contributed by atoms with Gasteiger partial charge in [-0.2, -0.15) is 5.10 Å². The second kappa shape index (κ2) is 9.02. The summed E-state index contributed by atoms with van der Waals surface area (Å²) in [7, 11) is 0. The molecule has 0 saturated heterocycles. The van der Waals surface area contributed by atoms with E-state index in [-0.39, 0.29) is 17.1 Å². The molecule has 2 heterocycles. The molecule has 0 bridgehead atoms. The number of fused-ring (bicyclic) bond motifs is 1. The highest BCUT2D eigenvalue weighted by molar-refractivity contribution is 7.99. The summed E-state index contributed by atoms with van der Waals surface area (Å²) in [4.78, 5) is 17.7. The largest absolute Gasteiger partial charge is 0.325 e. The number of amides is 1. The van der Waals surface area contributed by atoms with Gasteiger partial charge < -0.3 is 5.32 Å². The summed E-state index contributed by atoms with van der Waals surface area (Å²) in [5.41, 5.74) is 7.89. The van der Waals surface area contributed by atoms with E-state index < -0.39 is 0 Å². The van der Waals surface area contributed by atoms with E-state index in [9.17, 15) is 4.79 Å². The Hall–Kier alpha value is -3.12. The van der Waals surface area contributed by atoms with Crippen LogP contribution in [-0.2, 0) is 10.2 Å². The number of anilines is 1. The van der Waals surface area contributed by atoms with E-state index in [1.807, 2.05) is 54.8 Å². The number of rotatable bonds is 5. The first kappa shape index (κ1) is 23.1. The normalized spacial score (nSPS) is 11.7. The first-order valence-corrected chi connectivity index (χ1v) is 12.1. The minimum Gasteiger partial charge on any atom is -0.325 e. The third kappa shape index (κ3) is 4.96. The zero-order valence-electron chi connectivity index (χ0n) is 20.1. The molecule has 0 aliphatic carbocycles. The lowest BCUT2D eigenvalue weighted by molar-refractivity contribution is -0.113. The van der Waals surface area contributed by atoms with E-state index in [4.69, 9.17) is 10.1 Å². The van der Waals surface area contributed by atoms with Crippen LogP contribution in [0, 0.1) is 20.8 Å². The predicted octanol–water partition coefficient (Wildman–Crippen LogP) is 6.35. The first-order valence-electron chi connectivity index (χ1n) is 11.1. The van der Waals surface area contributed by atoms with Gasteiger partial charge in [0.05, 0.1) is 17.1 Å². The van der Waals surface area contributed by atoms with Crippen LogP contribution in [0.1, 0.15) is 43.3 Å². The fourth-order valence-electron chi connectivity index (χ4n) is 3.68. The lowest BCUT2D eigenvalue weighted by atomic mass is 9.92. The zero-order valence-corrected chi connectivity index (χ0v) is 20.9. The summed E-state index contributed by atoms with van der Waals surface area (Å²) in [6, 6.07) is 18.3. The van der Waals surface area contributed by atoms with Gasteiger partial charge in [0, 0.05) is 16.7 Å². The number of hydrogen-bond acceptors (Lipinski definition) is 4. The molecule has 33 heavy (non-hydrogen) atoms.